The molecule has 0 bridgehead atoms. The standard InChI is InChI=1S/C20H23F2N3O5/c1-2-16(27)23-5-11-6-25(20(29)30-11)10-3-14(21)19(15(22)4-10)18-12-7-24(8-13(12)18)17(28)9-26/h3-4,11-13,18,26H,2,5-9H2,1H3,(H,23,27)/t11-,12-,13+,18?/m0/s1. The molecule has 0 radical (unpaired) electrons. The number of anilines is 1. The first-order valence-corrected chi connectivity index (χ1v) is 9.96. The Morgan fingerprint density at radius 2 is 1.83 bits per heavy atom. The number of ether oxygens (including phenoxy) is 1. The molecule has 30 heavy (non-hydrogen) atoms. The van der Waals surface area contributed by atoms with Crippen LogP contribution >= 0.6 is 0 Å². The largest absolute Gasteiger partial charge is 0.442 e. The molecule has 3 amide bonds. The van der Waals surface area contributed by atoms with E-state index in [9.17, 15) is 23.2 Å². The lowest BCUT2D eigenvalue weighted by molar-refractivity contribution is -0.133. The van der Waals surface area contributed by atoms with E-state index >= 15 is 0 Å². The lowest BCUT2D eigenvalue weighted by Crippen LogP contribution is -2.34. The maximum Gasteiger partial charge on any atom is 0.414 e. The lowest BCUT2D eigenvalue weighted by Gasteiger charge is -2.20. The van der Waals surface area contributed by atoms with Crippen molar-refractivity contribution in [1.29, 1.82) is 0 Å². The third kappa shape index (κ3) is 3.60. The van der Waals surface area contributed by atoms with Gasteiger partial charge in [0.05, 0.1) is 18.8 Å². The predicted octanol–water partition coefficient (Wildman–Crippen LogP) is 0.980. The number of fused-ring (bicyclic) bond motifs is 1. The number of carbonyl (C=O) groups excluding carboxylic acids is 3. The molecule has 1 aromatic rings. The monoisotopic (exact) mass is 423 g/mol. The summed E-state index contributed by atoms with van der Waals surface area (Å²) in [7, 11) is 0. The van der Waals surface area contributed by atoms with Crippen LogP contribution in [0.2, 0.25) is 0 Å². The van der Waals surface area contributed by atoms with Crippen LogP contribution < -0.4 is 10.2 Å². The first kappa shape index (κ1) is 20.5. The van der Waals surface area contributed by atoms with Crippen LogP contribution in [0.25, 0.3) is 0 Å². The average Bonchev–Trinajstić information content (AvgIpc) is 3.06. The molecule has 0 spiro atoms. The molecule has 2 aliphatic heterocycles. The van der Waals surface area contributed by atoms with E-state index in [1.54, 1.807) is 6.92 Å². The minimum Gasteiger partial charge on any atom is -0.442 e. The molecule has 1 saturated carbocycles. The number of piperidine rings is 1. The summed E-state index contributed by atoms with van der Waals surface area (Å²) in [6, 6.07) is 2.24. The zero-order valence-electron chi connectivity index (χ0n) is 16.4. The van der Waals surface area contributed by atoms with Crippen molar-refractivity contribution >= 4 is 23.6 Å². The van der Waals surface area contributed by atoms with Crippen LogP contribution in [0, 0.1) is 23.5 Å². The zero-order chi connectivity index (χ0) is 21.6. The van der Waals surface area contributed by atoms with Crippen molar-refractivity contribution in [2.45, 2.75) is 25.4 Å². The van der Waals surface area contributed by atoms with Crippen molar-refractivity contribution in [3.8, 4) is 0 Å². The van der Waals surface area contributed by atoms with Gasteiger partial charge in [0.25, 0.3) is 0 Å². The quantitative estimate of drug-likeness (QED) is 0.711. The van der Waals surface area contributed by atoms with E-state index in [0.717, 1.165) is 17.0 Å². The lowest BCUT2D eigenvalue weighted by atomic mass is 10.0. The molecule has 1 aromatic carbocycles. The van der Waals surface area contributed by atoms with Crippen LogP contribution in [0.5, 0.6) is 0 Å². The zero-order valence-corrected chi connectivity index (χ0v) is 16.4. The van der Waals surface area contributed by atoms with E-state index in [1.807, 2.05) is 0 Å². The number of aliphatic hydroxyl groups excluding tert-OH is 1. The molecule has 0 aromatic heterocycles. The predicted molar refractivity (Wildman–Crippen MR) is 101 cm³/mol. The summed E-state index contributed by atoms with van der Waals surface area (Å²) >= 11 is 0. The Morgan fingerprint density at radius 3 is 2.40 bits per heavy atom. The number of nitrogens with zero attached hydrogens (tertiary/aromatic N) is 2. The molecule has 1 aliphatic carbocycles. The first-order chi connectivity index (χ1) is 14.3. The van der Waals surface area contributed by atoms with Gasteiger partial charge in [0.1, 0.15) is 24.3 Å². The fourth-order valence-corrected chi connectivity index (χ4v) is 4.49. The second-order valence-electron chi connectivity index (χ2n) is 7.91. The van der Waals surface area contributed by atoms with Crippen LogP contribution in [-0.4, -0.2) is 66.8 Å². The number of halogens is 2. The molecule has 3 fully saturated rings. The molecule has 8 nitrogen and oxygen atoms in total. The Hall–Kier alpha value is -2.75. The van der Waals surface area contributed by atoms with Crippen LogP contribution in [-0.2, 0) is 14.3 Å². The topological polar surface area (TPSA) is 99.2 Å². The molecule has 2 saturated heterocycles. The molecule has 4 rings (SSSR count). The highest BCUT2D eigenvalue weighted by atomic mass is 19.1. The highest BCUT2D eigenvalue weighted by Crippen LogP contribution is 2.59. The molecule has 2 N–H and O–H groups in total. The van der Waals surface area contributed by atoms with Crippen LogP contribution in [0.3, 0.4) is 0 Å². The summed E-state index contributed by atoms with van der Waals surface area (Å²) in [6.07, 6.45) is -1.02. The van der Waals surface area contributed by atoms with Gasteiger partial charge in [-0.15, -0.1) is 0 Å². The van der Waals surface area contributed by atoms with Gasteiger partial charge >= 0.3 is 6.09 Å². The van der Waals surface area contributed by atoms with E-state index in [2.05, 4.69) is 5.32 Å². The Bertz CT molecular complexity index is 860. The molecule has 1 unspecified atom stereocenters. The summed E-state index contributed by atoms with van der Waals surface area (Å²) in [4.78, 5) is 37.7. The fraction of sp³-hybridized carbons (Fsp3) is 0.550. The Morgan fingerprint density at radius 1 is 1.20 bits per heavy atom. The van der Waals surface area contributed by atoms with Crippen LogP contribution in [0.4, 0.5) is 19.3 Å². The van der Waals surface area contributed by atoms with Crippen molar-refractivity contribution < 1.29 is 33.0 Å². The minimum absolute atomic E-state index is 0.0239. The molecule has 4 atom stereocenters. The number of amides is 3. The minimum atomic E-state index is -0.736. The molecule has 2 heterocycles. The van der Waals surface area contributed by atoms with Gasteiger partial charge in [-0.3, -0.25) is 14.5 Å². The maximum atomic E-state index is 14.8. The summed E-state index contributed by atoms with van der Waals surface area (Å²) in [6.45, 7) is 2.08. The van der Waals surface area contributed by atoms with Gasteiger partial charge in [-0.05, 0) is 29.9 Å². The van der Waals surface area contributed by atoms with Crippen molar-refractivity contribution in [1.82, 2.24) is 10.2 Å². The molecule has 3 aliphatic rings. The number of hydrogen-bond acceptors (Lipinski definition) is 5. The van der Waals surface area contributed by atoms with Crippen molar-refractivity contribution in [2.24, 2.45) is 11.8 Å². The van der Waals surface area contributed by atoms with Gasteiger partial charge in [-0.1, -0.05) is 6.92 Å². The Labute approximate surface area is 171 Å². The smallest absolute Gasteiger partial charge is 0.414 e. The first-order valence-electron chi connectivity index (χ1n) is 9.96. The average molecular weight is 423 g/mol. The number of aliphatic hydroxyl groups is 1. The normalized spacial score (nSPS) is 27.1. The summed E-state index contributed by atoms with van der Waals surface area (Å²) in [5.41, 5.74) is 0.0372. The van der Waals surface area contributed by atoms with Crippen molar-refractivity contribution in [3.05, 3.63) is 29.3 Å². The van der Waals surface area contributed by atoms with Gasteiger partial charge in [-0.2, -0.15) is 0 Å². The summed E-state index contributed by atoms with van der Waals surface area (Å²) in [5, 5.41) is 11.6. The second kappa shape index (κ2) is 7.82. The number of benzene rings is 1. The van der Waals surface area contributed by atoms with Crippen LogP contribution in [0.15, 0.2) is 12.1 Å². The molecular formula is C20H23F2N3O5. The molecular weight excluding hydrogens is 400 g/mol. The van der Waals surface area contributed by atoms with Gasteiger partial charge in [-0.25, -0.2) is 13.6 Å². The third-order valence-corrected chi connectivity index (χ3v) is 6.11. The van der Waals surface area contributed by atoms with Crippen molar-refractivity contribution in [2.75, 3.05) is 37.7 Å². The number of nitrogens with one attached hydrogen (secondary N) is 1. The summed E-state index contributed by atoms with van der Waals surface area (Å²) in [5.74, 6) is -2.41. The highest BCUT2D eigenvalue weighted by molar-refractivity contribution is 5.90. The van der Waals surface area contributed by atoms with E-state index < -0.39 is 30.4 Å². The van der Waals surface area contributed by atoms with Gasteiger partial charge < -0.3 is 20.1 Å². The number of rotatable bonds is 6. The number of hydrogen-bond donors (Lipinski definition) is 2. The Kier molecular flexibility index (Phi) is 5.35. The van der Waals surface area contributed by atoms with E-state index in [-0.39, 0.29) is 53.9 Å². The fourth-order valence-electron chi connectivity index (χ4n) is 4.49. The number of cyclic esters (lactones) is 1. The SMILES string of the molecule is CCC(=O)NC[C@H]1CN(c2cc(F)c(C3[C@H]4CN(C(=O)CO)C[C@@H]34)c(F)c2)C(=O)O1. The Balaban J connectivity index is 1.44. The van der Waals surface area contributed by atoms with Crippen LogP contribution in [0.1, 0.15) is 24.8 Å². The van der Waals surface area contributed by atoms with Gasteiger partial charge in [0.2, 0.25) is 11.8 Å². The highest BCUT2D eigenvalue weighted by Gasteiger charge is 2.58. The van der Waals surface area contributed by atoms with E-state index in [1.165, 1.54) is 4.90 Å². The van der Waals surface area contributed by atoms with Gasteiger partial charge in [0.15, 0.2) is 0 Å². The van der Waals surface area contributed by atoms with E-state index in [4.69, 9.17) is 9.84 Å². The van der Waals surface area contributed by atoms with E-state index in [0.29, 0.717) is 19.5 Å². The molecule has 10 heteroatoms. The second-order valence-corrected chi connectivity index (χ2v) is 7.91. The van der Waals surface area contributed by atoms with Crippen molar-refractivity contribution in [3.63, 3.8) is 0 Å². The maximum absolute atomic E-state index is 14.8. The van der Waals surface area contributed by atoms with Gasteiger partial charge in [0, 0.05) is 25.1 Å². The molecule has 162 valence electrons. The summed E-state index contributed by atoms with van der Waals surface area (Å²) < 4.78 is 34.8. The number of likely N-dealkylation sites (tertiary alicyclic amines) is 1. The third-order valence-electron chi connectivity index (χ3n) is 6.11. The number of carbonyl (C=O) groups is 3.